The van der Waals surface area contributed by atoms with Crippen LogP contribution in [0.5, 0.6) is 0 Å². The summed E-state index contributed by atoms with van der Waals surface area (Å²) in [6.45, 7) is 0.654. The molecular formula is C18H22Cl2N5OPS2. The van der Waals surface area contributed by atoms with Crippen LogP contribution in [0.4, 0.5) is 11.4 Å². The second-order valence-corrected chi connectivity index (χ2v) is 9.51. The fraction of sp³-hybridized carbons (Fsp3) is 0.222. The minimum atomic E-state index is -3.49. The third-order valence-corrected chi connectivity index (χ3v) is 6.95. The molecule has 0 radical (unpaired) electrons. The number of nitrogens with one attached hydrogen (secondary N) is 4. The van der Waals surface area contributed by atoms with Gasteiger partial charge in [0.25, 0.3) is 0 Å². The van der Waals surface area contributed by atoms with Crippen molar-refractivity contribution in [3.05, 3.63) is 60.7 Å². The molecule has 2 rings (SSSR count). The van der Waals surface area contributed by atoms with Crippen LogP contribution in [0.15, 0.2) is 60.7 Å². The molecule has 0 saturated carbocycles. The molecule has 0 aliphatic carbocycles. The number of thiocarbonyl (C=S) groups is 2. The zero-order valence-electron chi connectivity index (χ0n) is 15.5. The standard InChI is InChI=1S/C18H22Cl2N5OPS2/c19-11-13-25(14-12-20)27(26,23-17(28)21-15-7-3-1-4-8-15)24-18(29)22-16-9-5-2-6-10-16/h1-10H,11-14H2,(H4,21,22,23,24,26,28,29). The van der Waals surface area contributed by atoms with E-state index in [0.29, 0.717) is 13.1 Å². The van der Waals surface area contributed by atoms with Gasteiger partial charge in [-0.25, -0.2) is 4.67 Å². The summed E-state index contributed by atoms with van der Waals surface area (Å²) < 4.78 is 15.4. The Balaban J connectivity index is 2.16. The third-order valence-electron chi connectivity index (χ3n) is 3.65. The van der Waals surface area contributed by atoms with Gasteiger partial charge in [-0.1, -0.05) is 36.4 Å². The van der Waals surface area contributed by atoms with Crippen molar-refractivity contribution in [2.75, 3.05) is 35.5 Å². The Kier molecular flexibility index (Phi) is 10.1. The summed E-state index contributed by atoms with van der Waals surface area (Å²) >= 11 is 22.6. The minimum Gasteiger partial charge on any atom is -0.332 e. The summed E-state index contributed by atoms with van der Waals surface area (Å²) in [5.41, 5.74) is 1.53. The summed E-state index contributed by atoms with van der Waals surface area (Å²) in [5.74, 6) is 0.532. The molecule has 2 aromatic rings. The molecule has 2 aromatic carbocycles. The van der Waals surface area contributed by atoms with Crippen LogP contribution in [0.3, 0.4) is 0 Å². The number of benzene rings is 2. The minimum absolute atomic E-state index is 0.184. The Labute approximate surface area is 191 Å². The molecule has 0 spiro atoms. The maximum Gasteiger partial charge on any atom is 0.334 e. The maximum atomic E-state index is 13.8. The molecule has 0 amide bonds. The lowest BCUT2D eigenvalue weighted by atomic mass is 10.3. The topological polar surface area (TPSA) is 68.4 Å². The van der Waals surface area contributed by atoms with E-state index in [0.717, 1.165) is 11.4 Å². The van der Waals surface area contributed by atoms with E-state index in [1.54, 1.807) is 4.67 Å². The molecule has 29 heavy (non-hydrogen) atoms. The van der Waals surface area contributed by atoms with Crippen LogP contribution in [0.1, 0.15) is 0 Å². The Hall–Kier alpha value is -1.41. The van der Waals surface area contributed by atoms with Crippen LogP contribution in [0.2, 0.25) is 0 Å². The molecule has 4 N–H and O–H groups in total. The van der Waals surface area contributed by atoms with Gasteiger partial charge in [-0.05, 0) is 48.7 Å². The average Bonchev–Trinajstić information content (AvgIpc) is 2.69. The van der Waals surface area contributed by atoms with Crippen LogP contribution >= 0.6 is 55.2 Å². The zero-order chi connectivity index (χ0) is 21.1. The van der Waals surface area contributed by atoms with Crippen molar-refractivity contribution < 1.29 is 4.57 Å². The number of nitrogens with zero attached hydrogens (tertiary/aromatic N) is 1. The monoisotopic (exact) mass is 489 g/mol. The van der Waals surface area contributed by atoms with Crippen molar-refractivity contribution in [1.29, 1.82) is 0 Å². The first-order valence-electron chi connectivity index (χ1n) is 8.73. The molecule has 0 bridgehead atoms. The first-order valence-corrected chi connectivity index (χ1v) is 12.3. The summed E-state index contributed by atoms with van der Waals surface area (Å²) in [5, 5.41) is 12.1. The highest BCUT2D eigenvalue weighted by Crippen LogP contribution is 2.41. The largest absolute Gasteiger partial charge is 0.334 e. The number of halogens is 2. The van der Waals surface area contributed by atoms with Crippen molar-refractivity contribution in [1.82, 2.24) is 14.8 Å². The first-order chi connectivity index (χ1) is 14.0. The Morgan fingerprint density at radius 1 is 0.793 bits per heavy atom. The van der Waals surface area contributed by atoms with Crippen molar-refractivity contribution in [2.24, 2.45) is 0 Å². The summed E-state index contributed by atoms with van der Waals surface area (Å²) in [6.07, 6.45) is 0. The third kappa shape index (κ3) is 8.09. The molecule has 6 nitrogen and oxygen atoms in total. The van der Waals surface area contributed by atoms with Crippen LogP contribution in [-0.4, -0.2) is 39.7 Å². The summed E-state index contributed by atoms with van der Waals surface area (Å²) in [7, 11) is -3.49. The maximum absolute atomic E-state index is 13.8. The second kappa shape index (κ2) is 12.3. The zero-order valence-corrected chi connectivity index (χ0v) is 19.5. The highest BCUT2D eigenvalue weighted by Gasteiger charge is 2.32. The van der Waals surface area contributed by atoms with E-state index >= 15 is 0 Å². The predicted octanol–water partition coefficient (Wildman–Crippen LogP) is 4.85. The molecular weight excluding hydrogens is 468 g/mol. The van der Waals surface area contributed by atoms with Gasteiger partial charge in [0.1, 0.15) is 0 Å². The van der Waals surface area contributed by atoms with E-state index in [-0.39, 0.29) is 22.0 Å². The molecule has 0 saturated heterocycles. The fourth-order valence-electron chi connectivity index (χ4n) is 2.39. The van der Waals surface area contributed by atoms with Crippen LogP contribution in [0.25, 0.3) is 0 Å². The van der Waals surface area contributed by atoms with Gasteiger partial charge in [0, 0.05) is 36.2 Å². The van der Waals surface area contributed by atoms with E-state index in [1.165, 1.54) is 0 Å². The molecule has 156 valence electrons. The Morgan fingerprint density at radius 2 is 1.17 bits per heavy atom. The second-order valence-electron chi connectivity index (χ2n) is 5.77. The van der Waals surface area contributed by atoms with Gasteiger partial charge >= 0.3 is 7.59 Å². The van der Waals surface area contributed by atoms with E-state index in [9.17, 15) is 4.57 Å². The predicted molar refractivity (Wildman–Crippen MR) is 132 cm³/mol. The van der Waals surface area contributed by atoms with E-state index in [4.69, 9.17) is 47.6 Å². The number of anilines is 2. The SMILES string of the molecule is O=P(NC(=S)Nc1ccccc1)(NC(=S)Nc1ccccc1)N(CCCl)CCCl. The number of para-hydroxylation sites is 2. The van der Waals surface area contributed by atoms with Crippen molar-refractivity contribution >= 4 is 76.8 Å². The normalized spacial score (nSPS) is 11.0. The first kappa shape index (κ1) is 23.9. The van der Waals surface area contributed by atoms with Gasteiger partial charge in [0.15, 0.2) is 10.2 Å². The lowest BCUT2D eigenvalue weighted by Gasteiger charge is -2.32. The number of rotatable bonds is 9. The molecule has 0 atom stereocenters. The van der Waals surface area contributed by atoms with Crippen LogP contribution in [0, 0.1) is 0 Å². The van der Waals surface area contributed by atoms with E-state index in [2.05, 4.69) is 20.8 Å². The molecule has 0 heterocycles. The van der Waals surface area contributed by atoms with Gasteiger partial charge in [0.2, 0.25) is 0 Å². The lowest BCUT2D eigenvalue weighted by molar-refractivity contribution is 0.438. The average molecular weight is 490 g/mol. The molecule has 0 fully saturated rings. The van der Waals surface area contributed by atoms with Crippen LogP contribution in [-0.2, 0) is 4.57 Å². The van der Waals surface area contributed by atoms with Crippen molar-refractivity contribution in [2.45, 2.75) is 0 Å². The van der Waals surface area contributed by atoms with Gasteiger partial charge < -0.3 is 10.6 Å². The molecule has 0 aromatic heterocycles. The van der Waals surface area contributed by atoms with Crippen molar-refractivity contribution in [3.63, 3.8) is 0 Å². The van der Waals surface area contributed by atoms with Gasteiger partial charge in [-0.15, -0.1) is 23.2 Å². The smallest absolute Gasteiger partial charge is 0.332 e. The molecule has 0 aliphatic heterocycles. The summed E-state index contributed by atoms with van der Waals surface area (Å²) in [4.78, 5) is 0. The molecule has 0 unspecified atom stereocenters. The van der Waals surface area contributed by atoms with Gasteiger partial charge in [-0.2, -0.15) is 0 Å². The Morgan fingerprint density at radius 3 is 1.52 bits per heavy atom. The number of alkyl halides is 2. The fourth-order valence-corrected chi connectivity index (χ4v) is 5.78. The number of hydrogen-bond donors (Lipinski definition) is 4. The van der Waals surface area contributed by atoms with Gasteiger partial charge in [0.05, 0.1) is 0 Å². The number of hydrogen-bond acceptors (Lipinski definition) is 3. The van der Waals surface area contributed by atoms with Crippen molar-refractivity contribution in [3.8, 4) is 0 Å². The van der Waals surface area contributed by atoms with E-state index in [1.807, 2.05) is 60.7 Å². The van der Waals surface area contributed by atoms with E-state index < -0.39 is 7.59 Å². The lowest BCUT2D eigenvalue weighted by Crippen LogP contribution is -2.44. The Bertz CT molecular complexity index is 779. The quantitative estimate of drug-likeness (QED) is 0.226. The molecule has 11 heteroatoms. The van der Waals surface area contributed by atoms with Crippen LogP contribution < -0.4 is 20.8 Å². The summed E-state index contributed by atoms with van der Waals surface area (Å²) in [6, 6.07) is 18.7. The highest BCUT2D eigenvalue weighted by atomic mass is 35.5. The molecule has 0 aliphatic rings. The van der Waals surface area contributed by atoms with Gasteiger partial charge in [-0.3, -0.25) is 14.7 Å². The highest BCUT2D eigenvalue weighted by molar-refractivity contribution is 7.82.